The molecule has 0 bridgehead atoms. The summed E-state index contributed by atoms with van der Waals surface area (Å²) in [6.45, 7) is 2.03. The van der Waals surface area contributed by atoms with Crippen LogP contribution in [0.2, 0.25) is 0 Å². The number of nitrogens with two attached hydrogens (primary N) is 1. The molecule has 1 atom stereocenters. The molecule has 2 N–H and O–H groups in total. The van der Waals surface area contributed by atoms with Crippen LogP contribution < -0.4 is 5.73 Å². The molecule has 4 rings (SSSR count). The molecule has 27 heavy (non-hydrogen) atoms. The lowest BCUT2D eigenvalue weighted by molar-refractivity contribution is -0.144. The van der Waals surface area contributed by atoms with Crippen LogP contribution in [0.25, 0.3) is 26.4 Å². The molecule has 0 amide bonds. The van der Waals surface area contributed by atoms with E-state index in [1.807, 2.05) is 28.7 Å². The highest BCUT2D eigenvalue weighted by atomic mass is 32.1. The number of imidazole rings is 1. The molecule has 0 spiro atoms. The van der Waals surface area contributed by atoms with Gasteiger partial charge in [-0.15, -0.1) is 0 Å². The van der Waals surface area contributed by atoms with Crippen molar-refractivity contribution in [3.05, 3.63) is 60.0 Å². The molecule has 0 aliphatic carbocycles. The average Bonchev–Trinajstić information content (AvgIpc) is 3.19. The number of halogens is 1. The summed E-state index contributed by atoms with van der Waals surface area (Å²) >= 11 is 1.56. The smallest absolute Gasteiger partial charge is 0.323 e. The first-order chi connectivity index (χ1) is 13.1. The van der Waals surface area contributed by atoms with Crippen LogP contribution >= 0.6 is 11.3 Å². The van der Waals surface area contributed by atoms with E-state index in [0.717, 1.165) is 26.4 Å². The molecule has 2 heterocycles. The van der Waals surface area contributed by atoms with E-state index in [1.54, 1.807) is 30.4 Å². The number of thiazole rings is 1. The van der Waals surface area contributed by atoms with E-state index >= 15 is 0 Å². The summed E-state index contributed by atoms with van der Waals surface area (Å²) < 4.78 is 21.5. The molecule has 4 aromatic rings. The monoisotopic (exact) mass is 383 g/mol. The predicted octanol–water partition coefficient (Wildman–Crippen LogP) is 3.79. The van der Waals surface area contributed by atoms with Gasteiger partial charge in [0.15, 0.2) is 4.96 Å². The Bertz CT molecular complexity index is 1120. The molecule has 2 aromatic carbocycles. The highest BCUT2D eigenvalue weighted by Crippen LogP contribution is 2.33. The molecule has 2 aromatic heterocycles. The van der Waals surface area contributed by atoms with Crippen LogP contribution in [0, 0.1) is 5.82 Å². The summed E-state index contributed by atoms with van der Waals surface area (Å²) in [7, 11) is 0. The van der Waals surface area contributed by atoms with Crippen molar-refractivity contribution < 1.29 is 13.9 Å². The lowest BCUT2D eigenvalue weighted by Crippen LogP contribution is -2.34. The topological polar surface area (TPSA) is 69.6 Å². The molecule has 1 unspecified atom stereocenters. The fourth-order valence-electron chi connectivity index (χ4n) is 3.14. The van der Waals surface area contributed by atoms with Crippen molar-refractivity contribution in [3.8, 4) is 11.3 Å². The minimum absolute atomic E-state index is 0.271. The number of carbonyl (C=O) groups excluding carboxylic acids is 1. The van der Waals surface area contributed by atoms with Crippen molar-refractivity contribution >= 4 is 32.5 Å². The zero-order valence-corrected chi connectivity index (χ0v) is 15.5. The van der Waals surface area contributed by atoms with Crippen LogP contribution in [-0.2, 0) is 16.0 Å². The number of hydrogen-bond donors (Lipinski definition) is 1. The average molecular weight is 383 g/mol. The van der Waals surface area contributed by atoms with Crippen molar-refractivity contribution in [2.75, 3.05) is 6.61 Å². The number of fused-ring (bicyclic) bond motifs is 3. The Morgan fingerprint density at radius 2 is 2.00 bits per heavy atom. The second kappa shape index (κ2) is 7.09. The van der Waals surface area contributed by atoms with Gasteiger partial charge in [-0.3, -0.25) is 9.20 Å². The van der Waals surface area contributed by atoms with Crippen molar-refractivity contribution in [1.82, 2.24) is 9.38 Å². The highest BCUT2D eigenvalue weighted by Gasteiger charge is 2.23. The van der Waals surface area contributed by atoms with E-state index in [1.165, 1.54) is 12.1 Å². The van der Waals surface area contributed by atoms with E-state index in [9.17, 15) is 9.18 Å². The molecule has 7 heteroatoms. The van der Waals surface area contributed by atoms with Gasteiger partial charge >= 0.3 is 5.97 Å². The summed E-state index contributed by atoms with van der Waals surface area (Å²) in [5.74, 6) is -0.757. The summed E-state index contributed by atoms with van der Waals surface area (Å²) in [5.41, 5.74) is 9.40. The second-order valence-corrected chi connectivity index (χ2v) is 7.17. The first kappa shape index (κ1) is 17.6. The van der Waals surface area contributed by atoms with Crippen molar-refractivity contribution in [1.29, 1.82) is 0 Å². The largest absolute Gasteiger partial charge is 0.465 e. The Morgan fingerprint density at radius 3 is 2.74 bits per heavy atom. The molecular formula is C20H18FN3O2S. The van der Waals surface area contributed by atoms with E-state index < -0.39 is 12.0 Å². The number of hydrogen-bond acceptors (Lipinski definition) is 5. The van der Waals surface area contributed by atoms with Gasteiger partial charge in [0.05, 0.1) is 28.2 Å². The van der Waals surface area contributed by atoms with Crippen LogP contribution in [0.1, 0.15) is 12.6 Å². The quantitative estimate of drug-likeness (QED) is 0.533. The Hall–Kier alpha value is -2.77. The van der Waals surface area contributed by atoms with Crippen LogP contribution in [0.4, 0.5) is 4.39 Å². The molecule has 0 saturated heterocycles. The maximum absolute atomic E-state index is 13.4. The van der Waals surface area contributed by atoms with Crippen LogP contribution in [0.5, 0.6) is 0 Å². The van der Waals surface area contributed by atoms with Crippen molar-refractivity contribution in [2.45, 2.75) is 19.4 Å². The number of benzene rings is 2. The van der Waals surface area contributed by atoms with E-state index in [-0.39, 0.29) is 18.8 Å². The first-order valence-electron chi connectivity index (χ1n) is 8.65. The fourth-order valence-corrected chi connectivity index (χ4v) is 4.19. The maximum Gasteiger partial charge on any atom is 0.323 e. The number of esters is 1. The number of rotatable bonds is 5. The van der Waals surface area contributed by atoms with Gasteiger partial charge < -0.3 is 10.5 Å². The minimum Gasteiger partial charge on any atom is -0.465 e. The van der Waals surface area contributed by atoms with Crippen LogP contribution in [0.3, 0.4) is 0 Å². The Balaban J connectivity index is 1.89. The molecule has 0 aliphatic rings. The van der Waals surface area contributed by atoms with Gasteiger partial charge in [0, 0.05) is 12.0 Å². The lowest BCUT2D eigenvalue weighted by atomic mass is 10.1. The van der Waals surface area contributed by atoms with Crippen LogP contribution in [0.15, 0.2) is 48.5 Å². The minimum atomic E-state index is -0.803. The summed E-state index contributed by atoms with van der Waals surface area (Å²) in [6, 6.07) is 13.3. The molecule has 5 nitrogen and oxygen atoms in total. The van der Waals surface area contributed by atoms with Gasteiger partial charge in [-0.05, 0) is 43.3 Å². The van der Waals surface area contributed by atoms with Gasteiger partial charge in [-0.25, -0.2) is 9.37 Å². The van der Waals surface area contributed by atoms with Gasteiger partial charge in [-0.1, -0.05) is 23.5 Å². The SMILES string of the molecule is CCOC(=O)C(N)Cc1c(-c2ccc(F)cc2)nc2sc3ccccc3n12. The van der Waals surface area contributed by atoms with E-state index in [0.29, 0.717) is 5.69 Å². The highest BCUT2D eigenvalue weighted by molar-refractivity contribution is 7.23. The third-order valence-electron chi connectivity index (χ3n) is 4.37. The number of aromatic nitrogens is 2. The number of carbonyl (C=O) groups is 1. The standard InChI is InChI=1S/C20H18FN3O2S/c1-2-26-19(25)14(22)11-16-18(12-7-9-13(21)10-8-12)23-20-24(16)15-5-3-4-6-17(15)27-20/h3-10,14H,2,11,22H2,1H3. The summed E-state index contributed by atoms with van der Waals surface area (Å²) in [6.07, 6.45) is 0.271. The third-order valence-corrected chi connectivity index (χ3v) is 5.39. The Labute approximate surface area is 159 Å². The Kier molecular flexibility index (Phi) is 4.63. The van der Waals surface area contributed by atoms with Crippen molar-refractivity contribution in [2.24, 2.45) is 5.73 Å². The van der Waals surface area contributed by atoms with Gasteiger partial charge in [0.25, 0.3) is 0 Å². The molecule has 138 valence electrons. The third kappa shape index (κ3) is 3.20. The fraction of sp³-hybridized carbons (Fsp3) is 0.200. The van der Waals surface area contributed by atoms with Crippen LogP contribution in [-0.4, -0.2) is 28.0 Å². The summed E-state index contributed by atoms with van der Waals surface area (Å²) in [4.78, 5) is 17.6. The van der Waals surface area contributed by atoms with Gasteiger partial charge in [-0.2, -0.15) is 0 Å². The number of nitrogens with zero attached hydrogens (tertiary/aromatic N) is 2. The number of ether oxygens (including phenoxy) is 1. The number of para-hydroxylation sites is 1. The predicted molar refractivity (Wildman–Crippen MR) is 104 cm³/mol. The zero-order chi connectivity index (χ0) is 19.0. The molecule has 0 radical (unpaired) electrons. The van der Waals surface area contributed by atoms with Gasteiger partial charge in [0.2, 0.25) is 0 Å². The van der Waals surface area contributed by atoms with Gasteiger partial charge in [0.1, 0.15) is 11.9 Å². The first-order valence-corrected chi connectivity index (χ1v) is 9.47. The molecule has 0 aliphatic heterocycles. The molecule has 0 fully saturated rings. The Morgan fingerprint density at radius 1 is 1.26 bits per heavy atom. The molecular weight excluding hydrogens is 365 g/mol. The molecule has 0 saturated carbocycles. The lowest BCUT2D eigenvalue weighted by Gasteiger charge is -2.12. The van der Waals surface area contributed by atoms with E-state index in [4.69, 9.17) is 15.5 Å². The van der Waals surface area contributed by atoms with E-state index in [2.05, 4.69) is 0 Å². The second-order valence-electron chi connectivity index (χ2n) is 6.16. The van der Waals surface area contributed by atoms with Crippen molar-refractivity contribution in [3.63, 3.8) is 0 Å². The maximum atomic E-state index is 13.4. The zero-order valence-electron chi connectivity index (χ0n) is 14.7. The summed E-state index contributed by atoms with van der Waals surface area (Å²) in [5, 5.41) is 0. The normalized spacial score (nSPS) is 12.6.